The van der Waals surface area contributed by atoms with Gasteiger partial charge in [-0.2, -0.15) is 11.8 Å². The van der Waals surface area contributed by atoms with Crippen LogP contribution >= 0.6 is 23.1 Å². The van der Waals surface area contributed by atoms with E-state index in [1.807, 2.05) is 18.4 Å². The number of hydrogen-bond donors (Lipinski definition) is 2. The standard InChI is InChI=1S/C12H17NO2S2/c1-9-2-5-17-10(9)8-13-11(14)12(15)3-6-16-7-4-12/h2,5,15H,3-4,6-8H2,1H3,(H,13,14). The highest BCUT2D eigenvalue weighted by Gasteiger charge is 2.37. The van der Waals surface area contributed by atoms with Gasteiger partial charge in [0.25, 0.3) is 5.91 Å². The van der Waals surface area contributed by atoms with Gasteiger partial charge in [-0.1, -0.05) is 0 Å². The summed E-state index contributed by atoms with van der Waals surface area (Å²) in [6.07, 6.45) is 1.12. The molecule has 17 heavy (non-hydrogen) atoms. The van der Waals surface area contributed by atoms with E-state index in [-0.39, 0.29) is 5.91 Å². The van der Waals surface area contributed by atoms with Crippen LogP contribution in [0.3, 0.4) is 0 Å². The molecule has 0 aliphatic carbocycles. The predicted molar refractivity (Wildman–Crippen MR) is 72.4 cm³/mol. The molecule has 2 rings (SSSR count). The normalized spacial score (nSPS) is 18.9. The van der Waals surface area contributed by atoms with Gasteiger partial charge in [0.05, 0.1) is 6.54 Å². The molecule has 1 aromatic rings. The maximum absolute atomic E-state index is 12.0. The molecule has 0 spiro atoms. The molecule has 0 bridgehead atoms. The first-order valence-corrected chi connectivity index (χ1v) is 7.77. The lowest BCUT2D eigenvalue weighted by Crippen LogP contribution is -2.48. The molecule has 1 aliphatic heterocycles. The van der Waals surface area contributed by atoms with Gasteiger partial charge in [-0.15, -0.1) is 11.3 Å². The number of carbonyl (C=O) groups is 1. The zero-order valence-electron chi connectivity index (χ0n) is 9.86. The SMILES string of the molecule is Cc1ccsc1CNC(=O)C1(O)CCSCC1. The summed E-state index contributed by atoms with van der Waals surface area (Å²) in [5.41, 5.74) is 0.0534. The number of carbonyl (C=O) groups excluding carboxylic acids is 1. The van der Waals surface area contributed by atoms with Crippen molar-refractivity contribution < 1.29 is 9.90 Å². The van der Waals surface area contributed by atoms with Crippen LogP contribution in [-0.2, 0) is 11.3 Å². The molecule has 3 nitrogen and oxygen atoms in total. The summed E-state index contributed by atoms with van der Waals surface area (Å²) < 4.78 is 0. The van der Waals surface area contributed by atoms with Gasteiger partial charge < -0.3 is 10.4 Å². The first kappa shape index (κ1) is 12.9. The van der Waals surface area contributed by atoms with Gasteiger partial charge in [0.15, 0.2) is 0 Å². The molecular formula is C12H17NO2S2. The van der Waals surface area contributed by atoms with Crippen LogP contribution in [0, 0.1) is 6.92 Å². The predicted octanol–water partition coefficient (Wildman–Crippen LogP) is 1.93. The van der Waals surface area contributed by atoms with E-state index in [4.69, 9.17) is 0 Å². The molecule has 1 aromatic heterocycles. The Kier molecular flexibility index (Phi) is 4.12. The zero-order chi connectivity index (χ0) is 12.3. The second-order valence-electron chi connectivity index (χ2n) is 4.35. The fourth-order valence-electron chi connectivity index (χ4n) is 1.85. The topological polar surface area (TPSA) is 49.3 Å². The third-order valence-corrected chi connectivity index (χ3v) is 5.13. The highest BCUT2D eigenvalue weighted by Crippen LogP contribution is 2.27. The fraction of sp³-hybridized carbons (Fsp3) is 0.583. The molecule has 2 N–H and O–H groups in total. The van der Waals surface area contributed by atoms with Crippen LogP contribution in [0.15, 0.2) is 11.4 Å². The van der Waals surface area contributed by atoms with Crippen LogP contribution in [0.2, 0.25) is 0 Å². The highest BCUT2D eigenvalue weighted by molar-refractivity contribution is 7.99. The Morgan fingerprint density at radius 1 is 1.53 bits per heavy atom. The summed E-state index contributed by atoms with van der Waals surface area (Å²) in [4.78, 5) is 13.1. The van der Waals surface area contributed by atoms with Crippen molar-refractivity contribution in [3.63, 3.8) is 0 Å². The quantitative estimate of drug-likeness (QED) is 0.883. The molecule has 1 aliphatic rings. The molecule has 0 atom stereocenters. The van der Waals surface area contributed by atoms with Crippen molar-refractivity contribution in [2.45, 2.75) is 31.9 Å². The van der Waals surface area contributed by atoms with Crippen molar-refractivity contribution in [1.29, 1.82) is 0 Å². The average molecular weight is 271 g/mol. The summed E-state index contributed by atoms with van der Waals surface area (Å²) in [6.45, 7) is 2.56. The molecule has 1 amide bonds. The van der Waals surface area contributed by atoms with E-state index < -0.39 is 5.60 Å². The van der Waals surface area contributed by atoms with Crippen molar-refractivity contribution >= 4 is 29.0 Å². The smallest absolute Gasteiger partial charge is 0.252 e. The molecule has 0 unspecified atom stereocenters. The molecule has 94 valence electrons. The van der Waals surface area contributed by atoms with Gasteiger partial charge in [-0.05, 0) is 48.3 Å². The lowest BCUT2D eigenvalue weighted by atomic mass is 9.96. The molecule has 1 fully saturated rings. The van der Waals surface area contributed by atoms with Crippen molar-refractivity contribution in [3.05, 3.63) is 21.9 Å². The summed E-state index contributed by atoms with van der Waals surface area (Å²) in [7, 11) is 0. The Hall–Kier alpha value is -0.520. The van der Waals surface area contributed by atoms with Crippen LogP contribution in [0.25, 0.3) is 0 Å². The van der Waals surface area contributed by atoms with E-state index in [2.05, 4.69) is 5.32 Å². The van der Waals surface area contributed by atoms with E-state index >= 15 is 0 Å². The zero-order valence-corrected chi connectivity index (χ0v) is 11.5. The van der Waals surface area contributed by atoms with Gasteiger partial charge >= 0.3 is 0 Å². The summed E-state index contributed by atoms with van der Waals surface area (Å²) in [5.74, 6) is 1.51. The summed E-state index contributed by atoms with van der Waals surface area (Å²) in [6, 6.07) is 2.04. The molecule has 2 heterocycles. The number of nitrogens with one attached hydrogen (secondary N) is 1. The Bertz CT molecular complexity index is 397. The lowest BCUT2D eigenvalue weighted by molar-refractivity contribution is -0.140. The number of thioether (sulfide) groups is 1. The van der Waals surface area contributed by atoms with Crippen LogP contribution in [0.4, 0.5) is 0 Å². The minimum absolute atomic E-state index is 0.217. The second-order valence-corrected chi connectivity index (χ2v) is 6.58. The number of amides is 1. The minimum atomic E-state index is -1.14. The van der Waals surface area contributed by atoms with E-state index in [9.17, 15) is 9.90 Å². The Balaban J connectivity index is 1.91. The van der Waals surface area contributed by atoms with Crippen molar-refractivity contribution in [2.24, 2.45) is 0 Å². The van der Waals surface area contributed by atoms with Crippen LogP contribution in [0.5, 0.6) is 0 Å². The highest BCUT2D eigenvalue weighted by atomic mass is 32.2. The lowest BCUT2D eigenvalue weighted by Gasteiger charge is -2.30. The average Bonchev–Trinajstić information content (AvgIpc) is 2.73. The minimum Gasteiger partial charge on any atom is -0.380 e. The van der Waals surface area contributed by atoms with Gasteiger partial charge in [0.1, 0.15) is 5.60 Å². The molecule has 0 radical (unpaired) electrons. The monoisotopic (exact) mass is 271 g/mol. The van der Waals surface area contributed by atoms with Crippen LogP contribution in [0.1, 0.15) is 23.3 Å². The Morgan fingerprint density at radius 3 is 2.82 bits per heavy atom. The van der Waals surface area contributed by atoms with Gasteiger partial charge in [0.2, 0.25) is 0 Å². The summed E-state index contributed by atoms with van der Waals surface area (Å²) >= 11 is 3.43. The van der Waals surface area contributed by atoms with Crippen LogP contribution in [-0.4, -0.2) is 28.1 Å². The fourth-order valence-corrected chi connectivity index (χ4v) is 3.86. The maximum Gasteiger partial charge on any atom is 0.252 e. The third kappa shape index (κ3) is 3.03. The number of thiophene rings is 1. The maximum atomic E-state index is 12.0. The number of rotatable bonds is 3. The molecule has 5 heteroatoms. The van der Waals surface area contributed by atoms with Crippen molar-refractivity contribution in [1.82, 2.24) is 5.32 Å². The van der Waals surface area contributed by atoms with E-state index in [1.165, 1.54) is 5.56 Å². The first-order chi connectivity index (χ1) is 8.12. The third-order valence-electron chi connectivity index (χ3n) is 3.12. The summed E-state index contributed by atoms with van der Waals surface area (Å²) in [5, 5.41) is 15.1. The Labute approximate surface area is 110 Å². The number of hydrogen-bond acceptors (Lipinski definition) is 4. The number of aliphatic hydroxyl groups is 1. The van der Waals surface area contributed by atoms with E-state index in [1.54, 1.807) is 23.1 Å². The van der Waals surface area contributed by atoms with E-state index in [0.717, 1.165) is 16.4 Å². The Morgan fingerprint density at radius 2 is 2.24 bits per heavy atom. The molecule has 0 saturated carbocycles. The molecular weight excluding hydrogens is 254 g/mol. The molecule has 1 saturated heterocycles. The number of aryl methyl sites for hydroxylation is 1. The van der Waals surface area contributed by atoms with Crippen molar-refractivity contribution in [3.8, 4) is 0 Å². The second kappa shape index (κ2) is 5.42. The van der Waals surface area contributed by atoms with Gasteiger partial charge in [-0.3, -0.25) is 4.79 Å². The van der Waals surface area contributed by atoms with E-state index in [0.29, 0.717) is 19.4 Å². The van der Waals surface area contributed by atoms with Crippen LogP contribution < -0.4 is 5.32 Å². The van der Waals surface area contributed by atoms with Gasteiger partial charge in [0, 0.05) is 4.88 Å². The first-order valence-electron chi connectivity index (χ1n) is 5.73. The van der Waals surface area contributed by atoms with Gasteiger partial charge in [-0.25, -0.2) is 0 Å². The largest absolute Gasteiger partial charge is 0.380 e. The van der Waals surface area contributed by atoms with Crippen molar-refractivity contribution in [2.75, 3.05) is 11.5 Å². The molecule has 0 aromatic carbocycles.